The summed E-state index contributed by atoms with van der Waals surface area (Å²) in [7, 11) is 1.46. The van der Waals surface area contributed by atoms with Crippen LogP contribution in [0.5, 0.6) is 17.4 Å². The first-order chi connectivity index (χ1) is 14.8. The van der Waals surface area contributed by atoms with Gasteiger partial charge in [0.15, 0.2) is 5.69 Å². The quantitative estimate of drug-likeness (QED) is 0.267. The third kappa shape index (κ3) is 5.78. The Kier molecular flexibility index (Phi) is 6.16. The molecule has 0 aliphatic rings. The molecule has 2 aromatic carbocycles. The molecule has 0 saturated heterocycles. The Balaban J connectivity index is 1.79. The van der Waals surface area contributed by atoms with Crippen molar-refractivity contribution in [3.63, 3.8) is 0 Å². The highest BCUT2D eigenvalue weighted by atomic mass is 32.1. The van der Waals surface area contributed by atoms with Crippen molar-refractivity contribution < 1.29 is 40.9 Å². The molecule has 32 heavy (non-hydrogen) atoms. The van der Waals surface area contributed by atoms with E-state index in [1.54, 1.807) is 0 Å². The van der Waals surface area contributed by atoms with Crippen LogP contribution in [0, 0.1) is 0 Å². The van der Waals surface area contributed by atoms with Gasteiger partial charge in [0, 0.05) is 18.1 Å². The van der Waals surface area contributed by atoms with Crippen molar-refractivity contribution in [3.8, 4) is 17.4 Å². The van der Waals surface area contributed by atoms with Crippen LogP contribution in [0.25, 0.3) is 10.9 Å². The molecule has 0 unspecified atom stereocenters. The number of hydrogen-bond acceptors (Lipinski definition) is 5. The number of fused-ring (bicyclic) bond motifs is 1. The van der Waals surface area contributed by atoms with Gasteiger partial charge in [-0.1, -0.05) is 0 Å². The summed E-state index contributed by atoms with van der Waals surface area (Å²) < 4.78 is 82.9. The fraction of sp³-hybridized carbons (Fsp3) is 0.167. The number of aryl methyl sites for hydroxylation is 1. The lowest BCUT2D eigenvalue weighted by Crippen LogP contribution is -2.17. The van der Waals surface area contributed by atoms with Crippen molar-refractivity contribution in [1.29, 1.82) is 0 Å². The Labute approximate surface area is 180 Å². The second-order valence-corrected chi connectivity index (χ2v) is 6.55. The van der Waals surface area contributed by atoms with Crippen molar-refractivity contribution in [3.05, 3.63) is 42.5 Å². The minimum absolute atomic E-state index is 0.118. The van der Waals surface area contributed by atoms with E-state index in [1.807, 2.05) is 0 Å². The highest BCUT2D eigenvalue weighted by Crippen LogP contribution is 2.40. The van der Waals surface area contributed by atoms with Gasteiger partial charge < -0.3 is 24.5 Å². The van der Waals surface area contributed by atoms with E-state index in [2.05, 4.69) is 25.0 Å². The SMILES string of the molecule is Cn1c(O)c(N=NC(=S)Nc2ccc(OC(F)(F)F)cc2)c2cc(OC(F)(F)F)ccc21. The van der Waals surface area contributed by atoms with E-state index in [0.29, 0.717) is 5.52 Å². The van der Waals surface area contributed by atoms with Crippen LogP contribution in [0.2, 0.25) is 0 Å². The Bertz CT molecular complexity index is 1170. The van der Waals surface area contributed by atoms with E-state index < -0.39 is 24.2 Å². The molecule has 1 heterocycles. The number of aromatic hydroxyl groups is 1. The summed E-state index contributed by atoms with van der Waals surface area (Å²) in [4.78, 5) is 0. The summed E-state index contributed by atoms with van der Waals surface area (Å²) in [5.74, 6) is -1.34. The Morgan fingerprint density at radius 1 is 0.969 bits per heavy atom. The van der Waals surface area contributed by atoms with Crippen molar-refractivity contribution >= 4 is 39.6 Å². The first kappa shape index (κ1) is 23.1. The molecule has 14 heteroatoms. The van der Waals surface area contributed by atoms with Gasteiger partial charge in [0.1, 0.15) is 11.5 Å². The number of hydrogen-bond donors (Lipinski definition) is 2. The standard InChI is InChI=1S/C18H12F6N4O3S/c1-28-13-7-6-11(31-18(22,23)24)8-12(13)14(15(28)29)26-27-16(32)25-9-2-4-10(5-3-9)30-17(19,20)21/h2-8,29H,1H3,(H,25,32). The highest BCUT2D eigenvalue weighted by molar-refractivity contribution is 7.80. The monoisotopic (exact) mass is 478 g/mol. The Morgan fingerprint density at radius 2 is 1.53 bits per heavy atom. The number of rotatable bonds is 4. The van der Waals surface area contributed by atoms with Crippen LogP contribution >= 0.6 is 12.2 Å². The lowest BCUT2D eigenvalue weighted by Gasteiger charge is -2.09. The summed E-state index contributed by atoms with van der Waals surface area (Å²) in [5, 5.41) is 20.2. The summed E-state index contributed by atoms with van der Waals surface area (Å²) in [6, 6.07) is 8.01. The van der Waals surface area contributed by atoms with E-state index in [4.69, 9.17) is 12.2 Å². The molecule has 3 aromatic rings. The molecule has 1 aromatic heterocycles. The minimum atomic E-state index is -4.90. The van der Waals surface area contributed by atoms with Crippen LogP contribution in [-0.4, -0.2) is 27.5 Å². The van der Waals surface area contributed by atoms with Crippen LogP contribution in [0.1, 0.15) is 0 Å². The van der Waals surface area contributed by atoms with Crippen LogP contribution in [0.3, 0.4) is 0 Å². The third-order valence-corrected chi connectivity index (χ3v) is 4.11. The molecule has 0 aliphatic carbocycles. The Morgan fingerprint density at radius 3 is 2.12 bits per heavy atom. The van der Waals surface area contributed by atoms with Crippen LogP contribution < -0.4 is 14.8 Å². The first-order valence-electron chi connectivity index (χ1n) is 8.48. The fourth-order valence-corrected chi connectivity index (χ4v) is 2.83. The van der Waals surface area contributed by atoms with Gasteiger partial charge in [-0.2, -0.15) is 0 Å². The number of azo groups is 1. The molecule has 0 bridgehead atoms. The van der Waals surface area contributed by atoms with Gasteiger partial charge in [0.25, 0.3) is 0 Å². The highest BCUT2D eigenvalue weighted by Gasteiger charge is 2.32. The van der Waals surface area contributed by atoms with E-state index in [-0.39, 0.29) is 27.8 Å². The van der Waals surface area contributed by atoms with Gasteiger partial charge in [-0.3, -0.25) is 0 Å². The lowest BCUT2D eigenvalue weighted by molar-refractivity contribution is -0.275. The number of ether oxygens (including phenoxy) is 2. The number of nitrogens with zero attached hydrogens (tertiary/aromatic N) is 3. The van der Waals surface area contributed by atoms with Gasteiger partial charge in [-0.05, 0) is 54.7 Å². The molecule has 3 rings (SSSR count). The third-order valence-electron chi connectivity index (χ3n) is 3.93. The summed E-state index contributed by atoms with van der Waals surface area (Å²) in [6.45, 7) is 0. The molecule has 0 spiro atoms. The molecule has 0 amide bonds. The summed E-state index contributed by atoms with van der Waals surface area (Å²) in [6.07, 6.45) is -9.73. The fourth-order valence-electron chi connectivity index (χ4n) is 2.67. The number of alkyl halides is 6. The smallest absolute Gasteiger partial charge is 0.493 e. The normalized spacial score (nSPS) is 12.3. The number of halogens is 6. The number of nitrogens with one attached hydrogen (secondary N) is 1. The van der Waals surface area contributed by atoms with Gasteiger partial charge >= 0.3 is 12.7 Å². The maximum absolute atomic E-state index is 12.5. The second-order valence-electron chi connectivity index (χ2n) is 6.16. The van der Waals surface area contributed by atoms with Gasteiger partial charge in [0.2, 0.25) is 11.0 Å². The van der Waals surface area contributed by atoms with Crippen molar-refractivity contribution in [2.24, 2.45) is 17.3 Å². The van der Waals surface area contributed by atoms with Crippen LogP contribution in [0.4, 0.5) is 37.7 Å². The molecule has 0 radical (unpaired) electrons. The number of thiocarbonyl (C=S) groups is 1. The number of anilines is 1. The molecule has 7 nitrogen and oxygen atoms in total. The minimum Gasteiger partial charge on any atom is -0.493 e. The van der Waals surface area contributed by atoms with Crippen LogP contribution in [-0.2, 0) is 7.05 Å². The zero-order valence-corrected chi connectivity index (χ0v) is 16.6. The summed E-state index contributed by atoms with van der Waals surface area (Å²) >= 11 is 4.98. The number of aromatic nitrogens is 1. The molecule has 0 fully saturated rings. The van der Waals surface area contributed by atoms with Gasteiger partial charge in [-0.15, -0.1) is 36.6 Å². The average molecular weight is 478 g/mol. The Hall–Kier alpha value is -3.55. The van der Waals surface area contributed by atoms with Crippen LogP contribution in [0.15, 0.2) is 52.7 Å². The predicted molar refractivity (Wildman–Crippen MR) is 105 cm³/mol. The molecular formula is C18H12F6N4O3S. The lowest BCUT2D eigenvalue weighted by atomic mass is 10.2. The largest absolute Gasteiger partial charge is 0.573 e. The molecule has 0 saturated carbocycles. The van der Waals surface area contributed by atoms with E-state index in [1.165, 1.54) is 29.8 Å². The topological polar surface area (TPSA) is 80.4 Å². The summed E-state index contributed by atoms with van der Waals surface area (Å²) in [5.41, 5.74) is 0.463. The number of benzene rings is 2. The van der Waals surface area contributed by atoms with Gasteiger partial charge in [-0.25, -0.2) is 0 Å². The molecule has 0 atom stereocenters. The molecule has 2 N–H and O–H groups in total. The van der Waals surface area contributed by atoms with E-state index >= 15 is 0 Å². The van der Waals surface area contributed by atoms with E-state index in [0.717, 1.165) is 24.3 Å². The maximum Gasteiger partial charge on any atom is 0.573 e. The molecule has 0 aliphatic heterocycles. The molecular weight excluding hydrogens is 466 g/mol. The van der Waals surface area contributed by atoms with E-state index in [9.17, 15) is 31.4 Å². The second kappa shape index (κ2) is 8.53. The predicted octanol–water partition coefficient (Wildman–Crippen LogP) is 6.16. The van der Waals surface area contributed by atoms with Gasteiger partial charge in [0.05, 0.1) is 5.52 Å². The zero-order chi connectivity index (χ0) is 23.7. The molecule has 170 valence electrons. The van der Waals surface area contributed by atoms with Crippen molar-refractivity contribution in [2.45, 2.75) is 12.7 Å². The zero-order valence-electron chi connectivity index (χ0n) is 15.8. The average Bonchev–Trinajstić information content (AvgIpc) is 2.89. The van der Waals surface area contributed by atoms with Crippen molar-refractivity contribution in [1.82, 2.24) is 4.57 Å². The van der Waals surface area contributed by atoms with Crippen molar-refractivity contribution in [2.75, 3.05) is 5.32 Å². The maximum atomic E-state index is 12.5. The first-order valence-corrected chi connectivity index (χ1v) is 8.89.